The Hall–Kier alpha value is -1.47. The summed E-state index contributed by atoms with van der Waals surface area (Å²) >= 11 is 1.38. The van der Waals surface area contributed by atoms with Crippen LogP contribution in [0.25, 0.3) is 0 Å². The number of aliphatic carboxylic acids is 1. The Morgan fingerprint density at radius 1 is 1.62 bits per heavy atom. The topological polar surface area (TPSA) is 88.5 Å². The Morgan fingerprint density at radius 3 is 3.05 bits per heavy atom. The zero-order chi connectivity index (χ0) is 15.2. The summed E-state index contributed by atoms with van der Waals surface area (Å²) in [6, 6.07) is -0.856. The third-order valence-electron chi connectivity index (χ3n) is 3.41. The molecule has 0 aliphatic carbocycles. The number of carbonyl (C=O) groups is 2. The van der Waals surface area contributed by atoms with E-state index in [4.69, 9.17) is 9.84 Å². The summed E-state index contributed by atoms with van der Waals surface area (Å²) in [5.41, 5.74) is 0.272. The molecule has 2 heterocycles. The van der Waals surface area contributed by atoms with E-state index in [0.717, 1.165) is 37.3 Å². The Labute approximate surface area is 127 Å². The van der Waals surface area contributed by atoms with Gasteiger partial charge in [-0.15, -0.1) is 11.3 Å². The second-order valence-corrected chi connectivity index (χ2v) is 5.97. The number of nitrogens with one attached hydrogen (secondary N) is 1. The maximum Gasteiger partial charge on any atom is 0.326 e. The van der Waals surface area contributed by atoms with E-state index in [0.29, 0.717) is 6.42 Å². The first kappa shape index (κ1) is 15.9. The monoisotopic (exact) mass is 312 g/mol. The first-order valence-corrected chi connectivity index (χ1v) is 8.10. The van der Waals surface area contributed by atoms with Crippen LogP contribution in [-0.2, 0) is 9.53 Å². The predicted octanol–water partition coefficient (Wildman–Crippen LogP) is 2.37. The minimum Gasteiger partial charge on any atom is -0.480 e. The van der Waals surface area contributed by atoms with Crippen LogP contribution in [0.4, 0.5) is 0 Å². The largest absolute Gasteiger partial charge is 0.480 e. The molecule has 2 rings (SSSR count). The SMILES string of the molecule is CCCCC(NC(=O)c1csc(C2CCCO2)n1)C(=O)O. The standard InChI is InChI=1S/C14H20N2O4S/c1-2-3-5-9(14(18)19)15-12(17)10-8-21-13(16-10)11-6-4-7-20-11/h8-9,11H,2-7H2,1H3,(H,15,17)(H,18,19). The smallest absolute Gasteiger partial charge is 0.326 e. The van der Waals surface area contributed by atoms with E-state index in [9.17, 15) is 9.59 Å². The summed E-state index contributed by atoms with van der Waals surface area (Å²) in [5.74, 6) is -1.44. The molecule has 0 spiro atoms. The van der Waals surface area contributed by atoms with Gasteiger partial charge in [0.25, 0.3) is 5.91 Å². The molecule has 1 aromatic heterocycles. The second-order valence-electron chi connectivity index (χ2n) is 5.08. The van der Waals surface area contributed by atoms with Crippen molar-refractivity contribution in [2.24, 2.45) is 0 Å². The lowest BCUT2D eigenvalue weighted by atomic mass is 10.1. The molecule has 1 fully saturated rings. The highest BCUT2D eigenvalue weighted by Gasteiger charge is 2.24. The molecule has 7 heteroatoms. The quantitative estimate of drug-likeness (QED) is 0.807. The van der Waals surface area contributed by atoms with Gasteiger partial charge < -0.3 is 15.2 Å². The van der Waals surface area contributed by atoms with Gasteiger partial charge in [0, 0.05) is 12.0 Å². The van der Waals surface area contributed by atoms with Crippen LogP contribution in [0.2, 0.25) is 0 Å². The van der Waals surface area contributed by atoms with Gasteiger partial charge in [0.15, 0.2) is 0 Å². The van der Waals surface area contributed by atoms with Crippen molar-refractivity contribution >= 4 is 23.2 Å². The molecule has 0 radical (unpaired) electrons. The molecule has 2 N–H and O–H groups in total. The van der Waals surface area contributed by atoms with Crippen LogP contribution in [0.15, 0.2) is 5.38 Å². The normalized spacial score (nSPS) is 19.4. The number of unbranched alkanes of at least 4 members (excludes halogenated alkanes) is 1. The summed E-state index contributed by atoms with van der Waals surface area (Å²) in [5, 5.41) is 14.1. The third kappa shape index (κ3) is 4.25. The fraction of sp³-hybridized carbons (Fsp3) is 0.643. The van der Waals surface area contributed by atoms with Crippen LogP contribution in [-0.4, -0.2) is 34.6 Å². The highest BCUT2D eigenvalue weighted by Crippen LogP contribution is 2.30. The lowest BCUT2D eigenvalue weighted by Gasteiger charge is -2.13. The fourth-order valence-corrected chi connectivity index (χ4v) is 3.09. The van der Waals surface area contributed by atoms with E-state index in [2.05, 4.69) is 10.3 Å². The van der Waals surface area contributed by atoms with Crippen LogP contribution in [0.3, 0.4) is 0 Å². The minimum absolute atomic E-state index is 0.0214. The van der Waals surface area contributed by atoms with Gasteiger partial charge in [-0.05, 0) is 19.3 Å². The maximum absolute atomic E-state index is 12.1. The number of carboxylic acids is 1. The molecule has 116 valence electrons. The molecule has 0 bridgehead atoms. The van der Waals surface area contributed by atoms with Crippen molar-refractivity contribution in [2.45, 2.75) is 51.2 Å². The number of hydrogen-bond donors (Lipinski definition) is 2. The van der Waals surface area contributed by atoms with Gasteiger partial charge in [-0.2, -0.15) is 0 Å². The summed E-state index contributed by atoms with van der Waals surface area (Å²) in [6.45, 7) is 2.71. The van der Waals surface area contributed by atoms with Crippen molar-refractivity contribution < 1.29 is 19.4 Å². The van der Waals surface area contributed by atoms with E-state index >= 15 is 0 Å². The number of amides is 1. The Bertz CT molecular complexity index is 497. The molecule has 1 saturated heterocycles. The van der Waals surface area contributed by atoms with Gasteiger partial charge in [0.05, 0.1) is 0 Å². The van der Waals surface area contributed by atoms with Crippen molar-refractivity contribution in [3.05, 3.63) is 16.1 Å². The van der Waals surface area contributed by atoms with Gasteiger partial charge in [-0.1, -0.05) is 19.8 Å². The lowest BCUT2D eigenvalue weighted by Crippen LogP contribution is -2.40. The number of carbonyl (C=O) groups excluding carboxylic acids is 1. The molecule has 1 aliphatic heterocycles. The number of rotatable bonds is 7. The van der Waals surface area contributed by atoms with Gasteiger partial charge in [0.2, 0.25) is 0 Å². The van der Waals surface area contributed by atoms with Crippen LogP contribution in [0, 0.1) is 0 Å². The van der Waals surface area contributed by atoms with Gasteiger partial charge in [-0.25, -0.2) is 9.78 Å². The molecule has 0 aromatic carbocycles. The van der Waals surface area contributed by atoms with Crippen LogP contribution < -0.4 is 5.32 Å². The number of carboxylic acid groups (broad SMARTS) is 1. The highest BCUT2D eigenvalue weighted by molar-refractivity contribution is 7.09. The molecule has 1 aromatic rings. The maximum atomic E-state index is 12.1. The van der Waals surface area contributed by atoms with E-state index in [-0.39, 0.29) is 11.8 Å². The van der Waals surface area contributed by atoms with Gasteiger partial charge in [-0.3, -0.25) is 4.79 Å². The lowest BCUT2D eigenvalue weighted by molar-refractivity contribution is -0.139. The van der Waals surface area contributed by atoms with Crippen LogP contribution in [0.5, 0.6) is 0 Å². The molecule has 1 aliphatic rings. The third-order valence-corrected chi connectivity index (χ3v) is 4.35. The van der Waals surface area contributed by atoms with Crippen molar-refractivity contribution in [3.63, 3.8) is 0 Å². The number of thiazole rings is 1. The zero-order valence-electron chi connectivity index (χ0n) is 12.0. The van der Waals surface area contributed by atoms with E-state index < -0.39 is 17.9 Å². The van der Waals surface area contributed by atoms with E-state index in [1.165, 1.54) is 11.3 Å². The molecule has 6 nitrogen and oxygen atoms in total. The average molecular weight is 312 g/mol. The number of ether oxygens (including phenoxy) is 1. The summed E-state index contributed by atoms with van der Waals surface area (Å²) in [4.78, 5) is 27.5. The first-order chi connectivity index (χ1) is 10.1. The van der Waals surface area contributed by atoms with Crippen molar-refractivity contribution in [1.82, 2.24) is 10.3 Å². The number of nitrogens with zero attached hydrogens (tertiary/aromatic N) is 1. The minimum atomic E-state index is -1.01. The Kier molecular flexibility index (Phi) is 5.69. The summed E-state index contributed by atoms with van der Waals surface area (Å²) in [7, 11) is 0. The molecular formula is C14H20N2O4S. The summed E-state index contributed by atoms with van der Waals surface area (Å²) < 4.78 is 5.53. The van der Waals surface area contributed by atoms with Gasteiger partial charge in [0.1, 0.15) is 22.8 Å². The first-order valence-electron chi connectivity index (χ1n) is 7.22. The average Bonchev–Trinajstić information content (AvgIpc) is 3.12. The highest BCUT2D eigenvalue weighted by atomic mass is 32.1. The van der Waals surface area contributed by atoms with Crippen molar-refractivity contribution in [2.75, 3.05) is 6.61 Å². The van der Waals surface area contributed by atoms with E-state index in [1.54, 1.807) is 5.38 Å². The number of aromatic nitrogens is 1. The van der Waals surface area contributed by atoms with Crippen molar-refractivity contribution in [3.8, 4) is 0 Å². The summed E-state index contributed by atoms with van der Waals surface area (Å²) in [6.07, 6.45) is 3.98. The van der Waals surface area contributed by atoms with E-state index in [1.807, 2.05) is 6.92 Å². The molecular weight excluding hydrogens is 292 g/mol. The molecule has 2 unspecified atom stereocenters. The zero-order valence-corrected chi connectivity index (χ0v) is 12.8. The molecule has 0 saturated carbocycles. The fourth-order valence-electron chi connectivity index (χ4n) is 2.21. The molecule has 21 heavy (non-hydrogen) atoms. The van der Waals surface area contributed by atoms with Crippen molar-refractivity contribution in [1.29, 1.82) is 0 Å². The second kappa shape index (κ2) is 7.51. The Balaban J connectivity index is 1.96. The van der Waals surface area contributed by atoms with Gasteiger partial charge >= 0.3 is 5.97 Å². The molecule has 1 amide bonds. The Morgan fingerprint density at radius 2 is 2.43 bits per heavy atom. The van der Waals surface area contributed by atoms with Crippen LogP contribution >= 0.6 is 11.3 Å². The number of hydrogen-bond acceptors (Lipinski definition) is 5. The molecule has 2 atom stereocenters. The predicted molar refractivity (Wildman–Crippen MR) is 78.5 cm³/mol. The van der Waals surface area contributed by atoms with Crippen LogP contribution in [0.1, 0.15) is 60.6 Å².